The summed E-state index contributed by atoms with van der Waals surface area (Å²) < 4.78 is 10.8. The van der Waals surface area contributed by atoms with Crippen molar-refractivity contribution in [3.8, 4) is 5.75 Å². The molecule has 4 aromatic rings. The molecule has 176 valence electrons. The maximum absolute atomic E-state index is 12.4. The Balaban J connectivity index is 1.31. The summed E-state index contributed by atoms with van der Waals surface area (Å²) in [4.78, 5) is 19.9. The van der Waals surface area contributed by atoms with E-state index in [0.717, 1.165) is 46.5 Å². The van der Waals surface area contributed by atoms with Crippen LogP contribution in [-0.4, -0.2) is 62.4 Å². The molecular weight excluding hydrogens is 434 g/mol. The minimum absolute atomic E-state index is 0.455. The number of aryl methyl sites for hydroxylation is 1. The third-order valence-electron chi connectivity index (χ3n) is 6.35. The summed E-state index contributed by atoms with van der Waals surface area (Å²) in [6.45, 7) is 5.73. The number of rotatable bonds is 8. The van der Waals surface area contributed by atoms with E-state index in [-0.39, 0.29) is 0 Å². The number of hydrogen-bond acceptors (Lipinski definition) is 7. The van der Waals surface area contributed by atoms with Gasteiger partial charge in [0.2, 0.25) is 0 Å². The number of ether oxygens (including phenoxy) is 1. The normalized spacial score (nSPS) is 16.0. The highest BCUT2D eigenvalue weighted by molar-refractivity contribution is 5.90. The van der Waals surface area contributed by atoms with Crippen LogP contribution in [0.15, 0.2) is 59.4 Å². The van der Waals surface area contributed by atoms with Crippen LogP contribution in [0, 0.1) is 6.92 Å². The van der Waals surface area contributed by atoms with Gasteiger partial charge < -0.3 is 14.8 Å². The quantitative estimate of drug-likeness (QED) is 0.411. The van der Waals surface area contributed by atoms with Gasteiger partial charge in [-0.1, -0.05) is 40.6 Å². The van der Waals surface area contributed by atoms with Gasteiger partial charge in [0.1, 0.15) is 29.8 Å². The molecule has 1 aliphatic heterocycles. The molecule has 9 heteroatoms. The molecule has 5 rings (SSSR count). The van der Waals surface area contributed by atoms with Crippen molar-refractivity contribution >= 4 is 16.9 Å². The van der Waals surface area contributed by atoms with Crippen molar-refractivity contribution in [1.82, 2.24) is 25.1 Å². The van der Waals surface area contributed by atoms with E-state index in [9.17, 15) is 9.90 Å². The Morgan fingerprint density at radius 1 is 1.15 bits per heavy atom. The number of aromatic nitrogens is 3. The Labute approximate surface area is 196 Å². The van der Waals surface area contributed by atoms with Crippen LogP contribution in [0.25, 0.3) is 10.9 Å². The van der Waals surface area contributed by atoms with Crippen molar-refractivity contribution in [2.75, 3.05) is 26.2 Å². The highest BCUT2D eigenvalue weighted by atomic mass is 16.6. The first-order valence-electron chi connectivity index (χ1n) is 11.3. The number of carboxylic acid groups (broad SMARTS) is 1. The number of nitrogens with zero attached hydrogens (tertiary/aromatic N) is 4. The predicted molar refractivity (Wildman–Crippen MR) is 125 cm³/mol. The fraction of sp³-hybridized carbons (Fsp3) is 0.320. The molecule has 0 aliphatic carbocycles. The van der Waals surface area contributed by atoms with E-state index in [1.54, 1.807) is 6.20 Å². The van der Waals surface area contributed by atoms with Crippen LogP contribution >= 0.6 is 0 Å². The van der Waals surface area contributed by atoms with E-state index in [4.69, 9.17) is 9.37 Å². The second-order valence-corrected chi connectivity index (χ2v) is 8.57. The molecule has 1 fully saturated rings. The van der Waals surface area contributed by atoms with Gasteiger partial charge in [-0.05, 0) is 30.7 Å². The van der Waals surface area contributed by atoms with Gasteiger partial charge in [0.05, 0.1) is 0 Å². The Hall–Kier alpha value is -3.69. The van der Waals surface area contributed by atoms with Gasteiger partial charge in [-0.15, -0.1) is 0 Å². The van der Waals surface area contributed by atoms with Gasteiger partial charge in [0.15, 0.2) is 0 Å². The smallest absolute Gasteiger partial charge is 0.325 e. The predicted octanol–water partition coefficient (Wildman–Crippen LogP) is 3.38. The van der Waals surface area contributed by atoms with Gasteiger partial charge in [-0.2, -0.15) is 0 Å². The van der Waals surface area contributed by atoms with E-state index >= 15 is 0 Å². The number of carboxylic acids is 1. The molecule has 0 amide bonds. The lowest BCUT2D eigenvalue weighted by Gasteiger charge is -2.37. The van der Waals surface area contributed by atoms with Gasteiger partial charge in [-0.25, -0.2) is 4.63 Å². The Kier molecular flexibility index (Phi) is 6.29. The lowest BCUT2D eigenvalue weighted by Crippen LogP contribution is -2.48. The number of H-pyrrole nitrogens is 1. The maximum Gasteiger partial charge on any atom is 0.325 e. The lowest BCUT2D eigenvalue weighted by molar-refractivity contribution is -0.144. The van der Waals surface area contributed by atoms with Gasteiger partial charge in [-0.3, -0.25) is 14.6 Å². The summed E-state index contributed by atoms with van der Waals surface area (Å²) >= 11 is 0. The number of fused-ring (bicyclic) bond motifs is 1. The van der Waals surface area contributed by atoms with Gasteiger partial charge >= 0.3 is 5.97 Å². The van der Waals surface area contributed by atoms with Gasteiger partial charge in [0.25, 0.3) is 0 Å². The van der Waals surface area contributed by atoms with Crippen LogP contribution in [0.3, 0.4) is 0 Å². The fourth-order valence-corrected chi connectivity index (χ4v) is 4.45. The standard InChI is InChI=1S/C25H27N5O4/c1-17-23(28-34-27-17)15-29-9-11-30(12-10-29)24(25(31)32)21-14-26-22-8-7-19(13-20(21)22)33-16-18-5-3-2-4-6-18/h2-8,13-14,24,26H,9-12,15-16H2,1H3,(H,31,32)/t24-/m1/s1. The van der Waals surface area contributed by atoms with Crippen LogP contribution in [-0.2, 0) is 17.9 Å². The van der Waals surface area contributed by atoms with Crippen molar-refractivity contribution in [3.05, 3.63) is 77.2 Å². The van der Waals surface area contributed by atoms with Crippen molar-refractivity contribution in [2.45, 2.75) is 26.1 Å². The first kappa shape index (κ1) is 22.1. The first-order valence-corrected chi connectivity index (χ1v) is 11.3. The van der Waals surface area contributed by atoms with Crippen molar-refractivity contribution in [2.24, 2.45) is 0 Å². The largest absolute Gasteiger partial charge is 0.489 e. The molecule has 0 radical (unpaired) electrons. The summed E-state index contributed by atoms with van der Waals surface area (Å²) in [5.41, 5.74) is 4.33. The molecule has 0 unspecified atom stereocenters. The highest BCUT2D eigenvalue weighted by Crippen LogP contribution is 2.32. The molecule has 34 heavy (non-hydrogen) atoms. The number of aromatic amines is 1. The molecule has 1 aliphatic rings. The van der Waals surface area contributed by atoms with Crippen LogP contribution in [0.4, 0.5) is 0 Å². The van der Waals surface area contributed by atoms with E-state index in [2.05, 4.69) is 20.2 Å². The molecule has 1 saturated heterocycles. The molecule has 3 heterocycles. The monoisotopic (exact) mass is 461 g/mol. The summed E-state index contributed by atoms with van der Waals surface area (Å²) in [5, 5.41) is 18.8. The number of carbonyl (C=O) groups is 1. The third-order valence-corrected chi connectivity index (χ3v) is 6.35. The van der Waals surface area contributed by atoms with E-state index < -0.39 is 12.0 Å². The fourth-order valence-electron chi connectivity index (χ4n) is 4.45. The Bertz CT molecular complexity index is 1260. The Morgan fingerprint density at radius 3 is 2.65 bits per heavy atom. The van der Waals surface area contributed by atoms with E-state index in [1.165, 1.54) is 0 Å². The molecule has 0 spiro atoms. The SMILES string of the molecule is Cc1nonc1CN1CCN([C@@H](C(=O)O)c2c[nH]c3ccc(OCc4ccccc4)cc23)CC1. The minimum atomic E-state index is -0.860. The zero-order valence-electron chi connectivity index (χ0n) is 19.0. The summed E-state index contributed by atoms with van der Waals surface area (Å²) in [6.07, 6.45) is 1.81. The molecule has 2 N–H and O–H groups in total. The summed E-state index contributed by atoms with van der Waals surface area (Å²) in [5.74, 6) is -0.149. The van der Waals surface area contributed by atoms with Crippen LogP contribution in [0.5, 0.6) is 5.75 Å². The summed E-state index contributed by atoms with van der Waals surface area (Å²) in [7, 11) is 0. The molecule has 2 aromatic carbocycles. The number of aliphatic carboxylic acids is 1. The molecule has 2 aromatic heterocycles. The van der Waals surface area contributed by atoms with E-state index in [1.807, 2.05) is 60.4 Å². The average molecular weight is 462 g/mol. The maximum atomic E-state index is 12.4. The number of hydrogen-bond donors (Lipinski definition) is 2. The van der Waals surface area contributed by atoms with Crippen LogP contribution < -0.4 is 4.74 Å². The van der Waals surface area contributed by atoms with Crippen molar-refractivity contribution in [1.29, 1.82) is 0 Å². The molecule has 9 nitrogen and oxygen atoms in total. The third kappa shape index (κ3) is 4.66. The van der Waals surface area contributed by atoms with E-state index in [0.29, 0.717) is 32.0 Å². The summed E-state index contributed by atoms with van der Waals surface area (Å²) in [6, 6.07) is 15.0. The zero-order valence-corrected chi connectivity index (χ0v) is 19.0. The zero-order chi connectivity index (χ0) is 23.5. The van der Waals surface area contributed by atoms with Crippen molar-refractivity contribution in [3.63, 3.8) is 0 Å². The highest BCUT2D eigenvalue weighted by Gasteiger charge is 2.32. The molecular formula is C25H27N5O4. The van der Waals surface area contributed by atoms with Crippen molar-refractivity contribution < 1.29 is 19.3 Å². The Morgan fingerprint density at radius 2 is 1.94 bits per heavy atom. The number of benzene rings is 2. The van der Waals surface area contributed by atoms with Gasteiger partial charge in [0, 0.05) is 55.4 Å². The minimum Gasteiger partial charge on any atom is -0.489 e. The molecule has 0 bridgehead atoms. The average Bonchev–Trinajstić information content (AvgIpc) is 3.45. The lowest BCUT2D eigenvalue weighted by atomic mass is 10.0. The molecule has 1 atom stereocenters. The second-order valence-electron chi connectivity index (χ2n) is 8.57. The topological polar surface area (TPSA) is 108 Å². The van der Waals surface area contributed by atoms with Crippen LogP contribution in [0.2, 0.25) is 0 Å². The number of nitrogens with one attached hydrogen (secondary N) is 1. The first-order chi connectivity index (χ1) is 16.6. The van der Waals surface area contributed by atoms with Crippen LogP contribution in [0.1, 0.15) is 28.6 Å². The number of piperazine rings is 1. The second kappa shape index (κ2) is 9.66. The molecule has 0 saturated carbocycles.